The highest BCUT2D eigenvalue weighted by molar-refractivity contribution is 5.73. The Hall–Kier alpha value is -6.92. The molecule has 0 radical (unpaired) electrons. The summed E-state index contributed by atoms with van der Waals surface area (Å²) in [6.45, 7) is 37.2. The standard InChI is InChI=1S/C62H86N2O16/c1-21-63(22-2)31-45-51(65)41-27-42(52(45)66)34(6)38-26-40(50(76-58(72)80-62(18,19)20)30-48(38)74-56(70)78-60(12,13)14)36(8)44-28-43(53(67)46(54(44)68)32-64(23-3)24-4)35(7)39-25-37(33(41)5)47(73-55(69)77-59(9,10)11)29-49(39)75-57(71)79-61(15,16)17/h25-30,33-36,65-68H,21-24,31-32H2,1-20H3/t33-,34-,35+,36+. The van der Waals surface area contributed by atoms with Gasteiger partial charge in [-0.15, -0.1) is 0 Å². The summed E-state index contributed by atoms with van der Waals surface area (Å²) in [5.41, 5.74) is -1.52. The van der Waals surface area contributed by atoms with Crippen LogP contribution in [0, 0.1) is 0 Å². The van der Waals surface area contributed by atoms with Gasteiger partial charge in [0.2, 0.25) is 0 Å². The molecule has 0 fully saturated rings. The summed E-state index contributed by atoms with van der Waals surface area (Å²) in [5.74, 6) is -5.29. The van der Waals surface area contributed by atoms with Gasteiger partial charge >= 0.3 is 24.6 Å². The fraction of sp³-hybridized carbons (Fsp3) is 0.548. The predicted molar refractivity (Wildman–Crippen MR) is 303 cm³/mol. The predicted octanol–water partition coefficient (Wildman–Crippen LogP) is 14.4. The highest BCUT2D eigenvalue weighted by Gasteiger charge is 2.36. The summed E-state index contributed by atoms with van der Waals surface area (Å²) in [5, 5.41) is 50.6. The van der Waals surface area contributed by atoms with Gasteiger partial charge in [0.1, 0.15) is 68.4 Å². The van der Waals surface area contributed by atoms with E-state index in [9.17, 15) is 39.6 Å². The summed E-state index contributed by atoms with van der Waals surface area (Å²) in [6.07, 6.45) is -4.36. The Balaban J connectivity index is 2.09. The number of hydrogen-bond acceptors (Lipinski definition) is 18. The number of aromatic hydroxyl groups is 4. The molecule has 440 valence electrons. The third-order valence-corrected chi connectivity index (χ3v) is 13.8. The van der Waals surface area contributed by atoms with Crippen molar-refractivity contribution in [3.8, 4) is 46.0 Å². The van der Waals surface area contributed by atoms with E-state index in [1.165, 1.54) is 12.1 Å². The molecule has 4 aromatic carbocycles. The van der Waals surface area contributed by atoms with Gasteiger partial charge in [0.05, 0.1) is 11.1 Å². The molecule has 1 aliphatic rings. The normalized spacial score (nSPS) is 16.7. The molecular formula is C62H86N2O16. The molecule has 5 rings (SSSR count). The van der Waals surface area contributed by atoms with Crippen LogP contribution in [-0.4, -0.2) is 103 Å². The molecule has 0 aliphatic heterocycles. The summed E-state index contributed by atoms with van der Waals surface area (Å²) >= 11 is 0. The van der Waals surface area contributed by atoms with Crippen molar-refractivity contribution in [3.05, 3.63) is 92.0 Å². The van der Waals surface area contributed by atoms with Gasteiger partial charge in [0.25, 0.3) is 0 Å². The van der Waals surface area contributed by atoms with Gasteiger partial charge in [-0.3, -0.25) is 9.80 Å². The van der Waals surface area contributed by atoms with Crippen molar-refractivity contribution < 1.29 is 77.5 Å². The van der Waals surface area contributed by atoms with E-state index in [0.717, 1.165) is 0 Å². The average molecular weight is 1120 g/mol. The van der Waals surface area contributed by atoms with Crippen molar-refractivity contribution in [2.45, 2.75) is 198 Å². The lowest BCUT2D eigenvalue weighted by atomic mass is 9.79. The van der Waals surface area contributed by atoms with Crippen molar-refractivity contribution >= 4 is 24.6 Å². The monoisotopic (exact) mass is 1110 g/mol. The van der Waals surface area contributed by atoms with Crippen LogP contribution in [-0.2, 0) is 32.0 Å². The third-order valence-electron chi connectivity index (χ3n) is 13.8. The molecule has 4 atom stereocenters. The lowest BCUT2D eigenvalue weighted by molar-refractivity contribution is 0.0175. The molecule has 0 aromatic heterocycles. The van der Waals surface area contributed by atoms with Crippen LogP contribution in [0.4, 0.5) is 19.2 Å². The number of benzene rings is 4. The fourth-order valence-electron chi connectivity index (χ4n) is 9.50. The second kappa shape index (κ2) is 24.8. The van der Waals surface area contributed by atoms with Gasteiger partial charge in [-0.2, -0.15) is 0 Å². The van der Waals surface area contributed by atoms with Crippen LogP contribution in [0.3, 0.4) is 0 Å². The minimum absolute atomic E-state index is 0.0758. The van der Waals surface area contributed by atoms with Crippen LogP contribution in [0.2, 0.25) is 0 Å². The number of phenols is 4. The first-order valence-electron chi connectivity index (χ1n) is 27.5. The molecule has 8 bridgehead atoms. The van der Waals surface area contributed by atoms with E-state index in [-0.39, 0.29) is 115 Å². The molecule has 0 unspecified atom stereocenters. The Morgan fingerprint density at radius 2 is 0.550 bits per heavy atom. The van der Waals surface area contributed by atoms with Gasteiger partial charge in [0.15, 0.2) is 0 Å². The fourth-order valence-corrected chi connectivity index (χ4v) is 9.50. The van der Waals surface area contributed by atoms with E-state index in [1.54, 1.807) is 135 Å². The van der Waals surface area contributed by atoms with Crippen LogP contribution in [0.5, 0.6) is 46.0 Å². The number of nitrogens with zero attached hydrogens (tertiary/aromatic N) is 2. The summed E-state index contributed by atoms with van der Waals surface area (Å²) in [6, 6.07) is 9.26. The minimum atomic E-state index is -1.09. The molecular weight excluding hydrogens is 1030 g/mol. The zero-order valence-corrected chi connectivity index (χ0v) is 50.6. The molecule has 0 heterocycles. The van der Waals surface area contributed by atoms with Crippen LogP contribution < -0.4 is 18.9 Å². The first-order valence-corrected chi connectivity index (χ1v) is 27.5. The van der Waals surface area contributed by atoms with E-state index < -0.39 is 70.7 Å². The number of ether oxygens (including phenoxy) is 8. The number of hydrogen-bond donors (Lipinski definition) is 4. The maximum absolute atomic E-state index is 13.8. The van der Waals surface area contributed by atoms with Crippen molar-refractivity contribution in [2.24, 2.45) is 0 Å². The molecule has 4 aromatic rings. The number of carbonyl (C=O) groups is 4. The van der Waals surface area contributed by atoms with Crippen LogP contribution >= 0.6 is 0 Å². The van der Waals surface area contributed by atoms with E-state index in [1.807, 2.05) is 37.5 Å². The Morgan fingerprint density at radius 1 is 0.362 bits per heavy atom. The van der Waals surface area contributed by atoms with E-state index in [2.05, 4.69) is 0 Å². The molecule has 0 spiro atoms. The molecule has 80 heavy (non-hydrogen) atoms. The zero-order valence-electron chi connectivity index (χ0n) is 50.6. The molecule has 18 heteroatoms. The molecule has 18 nitrogen and oxygen atoms in total. The zero-order chi connectivity index (χ0) is 60.3. The van der Waals surface area contributed by atoms with Gasteiger partial charge in [0, 0.05) is 93.4 Å². The molecule has 0 saturated heterocycles. The largest absolute Gasteiger partial charge is 0.514 e. The van der Waals surface area contributed by atoms with Gasteiger partial charge in [-0.05, 0) is 134 Å². The number of fused-ring (bicyclic) bond motifs is 8. The lowest BCUT2D eigenvalue weighted by Gasteiger charge is -2.30. The molecule has 1 aliphatic carbocycles. The van der Waals surface area contributed by atoms with Crippen molar-refractivity contribution in [1.29, 1.82) is 0 Å². The molecule has 0 saturated carbocycles. The van der Waals surface area contributed by atoms with E-state index in [4.69, 9.17) is 37.9 Å². The van der Waals surface area contributed by atoms with Crippen LogP contribution in [0.1, 0.15) is 218 Å². The number of phenolic OH excluding ortho intramolecular Hbond substituents is 4. The van der Waals surface area contributed by atoms with Crippen molar-refractivity contribution in [1.82, 2.24) is 9.80 Å². The topological polar surface area (TPSA) is 230 Å². The Labute approximate surface area is 472 Å². The van der Waals surface area contributed by atoms with Gasteiger partial charge in [-0.25, -0.2) is 19.2 Å². The highest BCUT2D eigenvalue weighted by atomic mass is 16.8. The van der Waals surface area contributed by atoms with Crippen molar-refractivity contribution in [2.75, 3.05) is 26.2 Å². The van der Waals surface area contributed by atoms with Gasteiger partial charge < -0.3 is 58.3 Å². The van der Waals surface area contributed by atoms with Crippen LogP contribution in [0.15, 0.2) is 36.4 Å². The van der Waals surface area contributed by atoms with Crippen LogP contribution in [0.25, 0.3) is 0 Å². The Bertz CT molecular complexity index is 2570. The quantitative estimate of drug-likeness (QED) is 0.0587. The first kappa shape index (κ1) is 63.9. The third kappa shape index (κ3) is 15.7. The molecule has 0 amide bonds. The SMILES string of the molecule is CCN(CC)Cc1c(O)c2cc(c1O)[C@H](C)c1cc(c(OC(=O)OC(C)(C)C)cc1OC(=O)OC(C)(C)C)[C@H](C)c1cc(c(O)c(CN(CC)CC)c1O)[C@@H](C)c1cc(c(OC(=O)OC(C)(C)C)cc1OC(=O)OC(C)(C)C)[C@H]2C. The Kier molecular flexibility index (Phi) is 19.8. The summed E-state index contributed by atoms with van der Waals surface area (Å²) < 4.78 is 46.9. The number of rotatable bonds is 12. The van der Waals surface area contributed by atoms with Crippen molar-refractivity contribution in [3.63, 3.8) is 0 Å². The first-order chi connectivity index (χ1) is 36.9. The maximum Gasteiger partial charge on any atom is 0.514 e. The second-order valence-electron chi connectivity index (χ2n) is 24.4. The second-order valence-corrected chi connectivity index (χ2v) is 24.4. The van der Waals surface area contributed by atoms with E-state index in [0.29, 0.717) is 26.2 Å². The van der Waals surface area contributed by atoms with Gasteiger partial charge in [-0.1, -0.05) is 55.4 Å². The average Bonchev–Trinajstić information content (AvgIpc) is 3.31. The lowest BCUT2D eigenvalue weighted by Crippen LogP contribution is -2.27. The summed E-state index contributed by atoms with van der Waals surface area (Å²) in [4.78, 5) is 59.2. The highest BCUT2D eigenvalue weighted by Crippen LogP contribution is 2.53. The minimum Gasteiger partial charge on any atom is -0.507 e. The van der Waals surface area contributed by atoms with E-state index >= 15 is 0 Å². The molecule has 4 N–H and O–H groups in total. The summed E-state index contributed by atoms with van der Waals surface area (Å²) in [7, 11) is 0. The Morgan fingerprint density at radius 3 is 0.725 bits per heavy atom. The smallest absolute Gasteiger partial charge is 0.507 e. The maximum atomic E-state index is 13.8. The number of carbonyl (C=O) groups excluding carboxylic acids is 4.